The molecular formula is C8H15F3O. The highest BCUT2D eigenvalue weighted by Crippen LogP contribution is 2.25. The summed E-state index contributed by atoms with van der Waals surface area (Å²) in [5.74, 6) is -0.0448. The Kier molecular flexibility index (Phi) is 4.60. The smallest absolute Gasteiger partial charge is 0.381 e. The van der Waals surface area contributed by atoms with Crippen LogP contribution in [0.5, 0.6) is 0 Å². The maximum atomic E-state index is 11.7. The van der Waals surface area contributed by atoms with Crippen molar-refractivity contribution in [2.75, 3.05) is 7.11 Å². The van der Waals surface area contributed by atoms with Crippen LogP contribution in [0.2, 0.25) is 0 Å². The van der Waals surface area contributed by atoms with Gasteiger partial charge < -0.3 is 4.74 Å². The molecule has 1 unspecified atom stereocenters. The zero-order valence-electron chi connectivity index (χ0n) is 7.61. The highest BCUT2D eigenvalue weighted by molar-refractivity contribution is 4.63. The second-order valence-corrected chi connectivity index (χ2v) is 3.07. The average molecular weight is 184 g/mol. The Morgan fingerprint density at radius 1 is 1.25 bits per heavy atom. The Morgan fingerprint density at radius 3 is 2.08 bits per heavy atom. The molecule has 0 spiro atoms. The van der Waals surface area contributed by atoms with Crippen LogP contribution in [0.1, 0.15) is 26.7 Å². The minimum absolute atomic E-state index is 0.0448. The van der Waals surface area contributed by atoms with Crippen LogP contribution in [0.25, 0.3) is 0 Å². The van der Waals surface area contributed by atoms with Crippen LogP contribution in [0.4, 0.5) is 13.2 Å². The first kappa shape index (κ1) is 11.8. The predicted molar refractivity (Wildman–Crippen MR) is 40.9 cm³/mol. The highest BCUT2D eigenvalue weighted by atomic mass is 19.4. The first-order valence-corrected chi connectivity index (χ1v) is 3.96. The van der Waals surface area contributed by atoms with Crippen LogP contribution in [0, 0.1) is 5.92 Å². The third-order valence-electron chi connectivity index (χ3n) is 2.06. The molecule has 0 bridgehead atoms. The Hall–Kier alpha value is -0.250. The molecule has 0 aliphatic rings. The lowest BCUT2D eigenvalue weighted by Crippen LogP contribution is -2.19. The van der Waals surface area contributed by atoms with Gasteiger partial charge in [-0.2, -0.15) is 13.2 Å². The van der Waals surface area contributed by atoms with Gasteiger partial charge in [-0.1, -0.05) is 6.92 Å². The lowest BCUT2D eigenvalue weighted by Gasteiger charge is -2.18. The molecular weight excluding hydrogens is 169 g/mol. The molecule has 0 aromatic heterocycles. The van der Waals surface area contributed by atoms with Crippen molar-refractivity contribution in [2.24, 2.45) is 5.92 Å². The van der Waals surface area contributed by atoms with Gasteiger partial charge in [0.25, 0.3) is 0 Å². The van der Waals surface area contributed by atoms with Gasteiger partial charge in [0.2, 0.25) is 0 Å². The van der Waals surface area contributed by atoms with Crippen molar-refractivity contribution in [3.63, 3.8) is 0 Å². The standard InChI is InChI=1S/C8H15F3O/c1-6(7(2)12-3)4-5-8(9,10)11/h6-7H,4-5H2,1-3H3/t6-,7?/m1/s1. The van der Waals surface area contributed by atoms with Gasteiger partial charge in [-0.25, -0.2) is 0 Å². The average Bonchev–Trinajstić information content (AvgIpc) is 1.97. The second-order valence-electron chi connectivity index (χ2n) is 3.07. The fourth-order valence-electron chi connectivity index (χ4n) is 0.858. The lowest BCUT2D eigenvalue weighted by atomic mass is 10.00. The van der Waals surface area contributed by atoms with Crippen LogP contribution >= 0.6 is 0 Å². The Balaban J connectivity index is 3.64. The zero-order chi connectivity index (χ0) is 9.78. The molecule has 0 aliphatic carbocycles. The van der Waals surface area contributed by atoms with E-state index >= 15 is 0 Å². The van der Waals surface area contributed by atoms with Gasteiger partial charge in [-0.15, -0.1) is 0 Å². The van der Waals surface area contributed by atoms with E-state index in [1.165, 1.54) is 7.11 Å². The van der Waals surface area contributed by atoms with Crippen molar-refractivity contribution in [1.82, 2.24) is 0 Å². The highest BCUT2D eigenvalue weighted by Gasteiger charge is 2.28. The number of alkyl halides is 3. The van der Waals surface area contributed by atoms with Crippen LogP contribution < -0.4 is 0 Å². The van der Waals surface area contributed by atoms with E-state index in [0.29, 0.717) is 0 Å². The summed E-state index contributed by atoms with van der Waals surface area (Å²) in [5, 5.41) is 0. The zero-order valence-corrected chi connectivity index (χ0v) is 7.61. The fraction of sp³-hybridized carbons (Fsp3) is 1.00. The molecule has 0 aromatic rings. The van der Waals surface area contributed by atoms with Gasteiger partial charge in [0.15, 0.2) is 0 Å². The lowest BCUT2D eigenvalue weighted by molar-refractivity contribution is -0.139. The SMILES string of the molecule is COC(C)[C@H](C)CCC(F)(F)F. The molecule has 0 fully saturated rings. The molecule has 1 nitrogen and oxygen atoms in total. The van der Waals surface area contributed by atoms with E-state index in [1.807, 2.05) is 0 Å². The van der Waals surface area contributed by atoms with Gasteiger partial charge in [-0.3, -0.25) is 0 Å². The molecule has 2 atom stereocenters. The summed E-state index contributed by atoms with van der Waals surface area (Å²) < 4.78 is 40.1. The van der Waals surface area contributed by atoms with Crippen molar-refractivity contribution in [3.8, 4) is 0 Å². The summed E-state index contributed by atoms with van der Waals surface area (Å²) in [6.07, 6.45) is -4.73. The second kappa shape index (κ2) is 4.70. The van der Waals surface area contributed by atoms with E-state index < -0.39 is 12.6 Å². The third kappa shape index (κ3) is 5.41. The molecule has 4 heteroatoms. The number of ether oxygens (including phenoxy) is 1. The first-order chi connectivity index (χ1) is 5.37. The molecule has 0 saturated heterocycles. The molecule has 0 N–H and O–H groups in total. The normalized spacial score (nSPS) is 17.5. The molecule has 0 aliphatic heterocycles. The summed E-state index contributed by atoms with van der Waals surface area (Å²) in [7, 11) is 1.51. The molecule has 12 heavy (non-hydrogen) atoms. The van der Waals surface area contributed by atoms with Gasteiger partial charge in [0.1, 0.15) is 0 Å². The number of hydrogen-bond donors (Lipinski definition) is 0. The van der Waals surface area contributed by atoms with Gasteiger partial charge in [-0.05, 0) is 19.3 Å². The molecule has 0 rings (SSSR count). The molecule has 0 radical (unpaired) electrons. The van der Waals surface area contributed by atoms with Crippen LogP contribution in [-0.4, -0.2) is 19.4 Å². The van der Waals surface area contributed by atoms with Crippen molar-refractivity contribution < 1.29 is 17.9 Å². The molecule has 0 saturated carbocycles. The minimum Gasteiger partial charge on any atom is -0.381 e. The predicted octanol–water partition coefficient (Wildman–Crippen LogP) is 3.00. The van der Waals surface area contributed by atoms with Crippen LogP contribution in [0.3, 0.4) is 0 Å². The van der Waals surface area contributed by atoms with E-state index in [4.69, 9.17) is 4.74 Å². The third-order valence-corrected chi connectivity index (χ3v) is 2.06. The summed E-state index contributed by atoms with van der Waals surface area (Å²) >= 11 is 0. The largest absolute Gasteiger partial charge is 0.389 e. The summed E-state index contributed by atoms with van der Waals surface area (Å²) in [5.41, 5.74) is 0. The number of halogens is 3. The summed E-state index contributed by atoms with van der Waals surface area (Å²) in [6, 6.07) is 0. The molecule has 0 amide bonds. The number of methoxy groups -OCH3 is 1. The van der Waals surface area contributed by atoms with Gasteiger partial charge >= 0.3 is 6.18 Å². The Labute approximate surface area is 70.9 Å². The summed E-state index contributed by atoms with van der Waals surface area (Å²) in [6.45, 7) is 3.54. The van der Waals surface area contributed by atoms with Gasteiger partial charge in [0, 0.05) is 13.5 Å². The first-order valence-electron chi connectivity index (χ1n) is 3.96. The van der Waals surface area contributed by atoms with E-state index in [2.05, 4.69) is 0 Å². The van der Waals surface area contributed by atoms with Crippen LogP contribution in [-0.2, 0) is 4.74 Å². The molecule has 0 aromatic carbocycles. The maximum absolute atomic E-state index is 11.7. The Morgan fingerprint density at radius 2 is 1.75 bits per heavy atom. The number of rotatable bonds is 4. The topological polar surface area (TPSA) is 9.23 Å². The summed E-state index contributed by atoms with van der Waals surface area (Å²) in [4.78, 5) is 0. The maximum Gasteiger partial charge on any atom is 0.389 e. The van der Waals surface area contributed by atoms with Crippen molar-refractivity contribution in [1.29, 1.82) is 0 Å². The van der Waals surface area contributed by atoms with E-state index in [1.54, 1.807) is 13.8 Å². The van der Waals surface area contributed by atoms with E-state index in [0.717, 1.165) is 0 Å². The quantitative estimate of drug-likeness (QED) is 0.652. The van der Waals surface area contributed by atoms with E-state index in [9.17, 15) is 13.2 Å². The monoisotopic (exact) mass is 184 g/mol. The van der Waals surface area contributed by atoms with Gasteiger partial charge in [0.05, 0.1) is 6.10 Å². The van der Waals surface area contributed by atoms with E-state index in [-0.39, 0.29) is 18.4 Å². The number of hydrogen-bond acceptors (Lipinski definition) is 1. The fourth-order valence-corrected chi connectivity index (χ4v) is 0.858. The minimum atomic E-state index is -4.04. The van der Waals surface area contributed by atoms with Crippen molar-refractivity contribution in [3.05, 3.63) is 0 Å². The van der Waals surface area contributed by atoms with Crippen LogP contribution in [0.15, 0.2) is 0 Å². The Bertz CT molecular complexity index is 122. The van der Waals surface area contributed by atoms with Crippen molar-refractivity contribution >= 4 is 0 Å². The van der Waals surface area contributed by atoms with Crippen molar-refractivity contribution in [2.45, 2.75) is 39.0 Å². The molecule has 0 heterocycles. The molecule has 74 valence electrons.